The molecule has 1 aromatic heterocycles. The van der Waals surface area contributed by atoms with Gasteiger partial charge in [0.2, 0.25) is 0 Å². The minimum atomic E-state index is -3.53. The Morgan fingerprint density at radius 1 is 0.940 bits per heavy atom. The number of alkyl halides is 1. The summed E-state index contributed by atoms with van der Waals surface area (Å²) in [6.45, 7) is 14.4. The summed E-state index contributed by atoms with van der Waals surface area (Å²) >= 11 is 0. The number of nitrogens with one attached hydrogen (secondary N) is 1. The number of hydrogen-bond acceptors (Lipinski definition) is 9. The Morgan fingerprint density at radius 3 is 2.20 bits per heavy atom. The molecule has 15 heteroatoms. The quantitative estimate of drug-likeness (QED) is 0.395. The van der Waals surface area contributed by atoms with Crippen LogP contribution < -0.4 is 15.0 Å². The van der Waals surface area contributed by atoms with Crippen LogP contribution in [-0.2, 0) is 10.2 Å². The van der Waals surface area contributed by atoms with E-state index < -0.39 is 21.7 Å². The van der Waals surface area contributed by atoms with Gasteiger partial charge in [-0.2, -0.15) is 17.0 Å². The second-order valence-corrected chi connectivity index (χ2v) is 17.8. The Hall–Kier alpha value is -2.98. The van der Waals surface area contributed by atoms with Crippen molar-refractivity contribution in [2.45, 2.75) is 71.1 Å². The van der Waals surface area contributed by atoms with Crippen molar-refractivity contribution in [3.8, 4) is 11.5 Å². The van der Waals surface area contributed by atoms with E-state index in [1.165, 1.54) is 28.8 Å². The molecule has 5 fully saturated rings. The normalized spacial score (nSPS) is 23.5. The summed E-state index contributed by atoms with van der Waals surface area (Å²) in [5.41, 5.74) is -1.07. The average Bonchev–Trinajstić information content (AvgIpc) is 3.00. The van der Waals surface area contributed by atoms with Gasteiger partial charge < -0.3 is 24.8 Å². The molecule has 0 atom stereocenters. The highest BCUT2D eigenvalue weighted by atomic mass is 32.2. The van der Waals surface area contributed by atoms with Crippen LogP contribution in [-0.4, -0.2) is 132 Å². The third-order valence-electron chi connectivity index (χ3n) is 11.5. The molecule has 0 saturated carbocycles. The number of amides is 1. The van der Waals surface area contributed by atoms with Crippen molar-refractivity contribution < 1.29 is 26.7 Å². The number of likely N-dealkylation sites (tertiary alicyclic amines) is 1. The molecule has 12 nitrogen and oxygen atoms in total. The second kappa shape index (κ2) is 13.2. The molecule has 6 heterocycles. The summed E-state index contributed by atoms with van der Waals surface area (Å²) in [6.07, 6.45) is 5.31. The number of nitrogens with zero attached hydrogens (tertiary/aromatic N) is 7. The van der Waals surface area contributed by atoms with Crippen LogP contribution in [0.4, 0.5) is 14.6 Å². The number of benzene rings is 1. The summed E-state index contributed by atoms with van der Waals surface area (Å²) in [4.78, 5) is 28.3. The number of carbonyl (C=O) groups is 1. The van der Waals surface area contributed by atoms with E-state index in [1.807, 2.05) is 27.7 Å². The van der Waals surface area contributed by atoms with E-state index in [2.05, 4.69) is 25.1 Å². The van der Waals surface area contributed by atoms with Gasteiger partial charge in [0.25, 0.3) is 16.1 Å². The summed E-state index contributed by atoms with van der Waals surface area (Å²) in [6, 6.07) is 3.79. The van der Waals surface area contributed by atoms with E-state index in [9.17, 15) is 17.6 Å². The molecule has 5 aliphatic rings. The lowest BCUT2D eigenvalue weighted by Gasteiger charge is -2.56. The molecule has 0 unspecified atom stereocenters. The van der Waals surface area contributed by atoms with Crippen molar-refractivity contribution in [3.05, 3.63) is 42.1 Å². The maximum absolute atomic E-state index is 16.1. The van der Waals surface area contributed by atoms with Gasteiger partial charge in [0, 0.05) is 81.8 Å². The first-order valence-electron chi connectivity index (χ1n) is 17.9. The maximum atomic E-state index is 16.1. The number of ether oxygens (including phenoxy) is 1. The standard InChI is InChI=1S/C35H50F2N8O4S/c1-25(2)45(26(3)4)32(46)28-15-27(36)5-6-29(28)49-30-16-38-24-40-31(30)42-19-33(20-42)7-11-41(12-8-33)23-35(37)9-13-43(14-10-35)50(47,48)44-21-34(22-44)17-39-18-34/h5-6,15-16,24-26,39H,7-14,17-23H2,1-4H3. The monoisotopic (exact) mass is 716 g/mol. The fraction of sp³-hybridized carbons (Fsp3) is 0.686. The van der Waals surface area contributed by atoms with E-state index in [1.54, 1.807) is 15.4 Å². The predicted octanol–water partition coefficient (Wildman–Crippen LogP) is 3.52. The number of rotatable bonds is 10. The van der Waals surface area contributed by atoms with Gasteiger partial charge in [-0.3, -0.25) is 4.79 Å². The first-order valence-corrected chi connectivity index (χ1v) is 19.3. The van der Waals surface area contributed by atoms with Crippen molar-refractivity contribution in [1.29, 1.82) is 0 Å². The number of hydrogen-bond donors (Lipinski definition) is 1. The van der Waals surface area contributed by atoms with E-state index in [0.29, 0.717) is 31.2 Å². The van der Waals surface area contributed by atoms with Crippen LogP contribution in [0.15, 0.2) is 30.7 Å². The average molecular weight is 717 g/mol. The second-order valence-electron chi connectivity index (χ2n) is 15.9. The predicted molar refractivity (Wildman–Crippen MR) is 186 cm³/mol. The topological polar surface area (TPSA) is 114 Å². The highest BCUT2D eigenvalue weighted by Gasteiger charge is 2.54. The first-order chi connectivity index (χ1) is 23.7. The van der Waals surface area contributed by atoms with Crippen molar-refractivity contribution in [3.63, 3.8) is 0 Å². The lowest BCUT2D eigenvalue weighted by Crippen LogP contribution is -2.73. The Labute approximate surface area is 294 Å². The van der Waals surface area contributed by atoms with Crippen LogP contribution in [0.3, 0.4) is 0 Å². The van der Waals surface area contributed by atoms with Crippen molar-refractivity contribution in [2.24, 2.45) is 10.8 Å². The number of halogens is 2. The van der Waals surface area contributed by atoms with Gasteiger partial charge in [-0.05, 0) is 84.7 Å². The highest BCUT2D eigenvalue weighted by Crippen LogP contribution is 2.46. The smallest absolute Gasteiger partial charge is 0.282 e. The van der Waals surface area contributed by atoms with Gasteiger partial charge in [0.15, 0.2) is 11.6 Å². The molecular weight excluding hydrogens is 666 g/mol. The van der Waals surface area contributed by atoms with Gasteiger partial charge in [0.05, 0.1) is 11.8 Å². The molecule has 274 valence electrons. The minimum absolute atomic E-state index is 0.0796. The first kappa shape index (κ1) is 35.4. The van der Waals surface area contributed by atoms with E-state index >= 15 is 4.39 Å². The molecule has 1 N–H and O–H groups in total. The molecule has 2 aromatic rings. The maximum Gasteiger partial charge on any atom is 0.282 e. The fourth-order valence-corrected chi connectivity index (χ4v) is 10.4. The molecule has 2 spiro atoms. The van der Waals surface area contributed by atoms with Crippen molar-refractivity contribution in [1.82, 2.24) is 33.7 Å². The Morgan fingerprint density at radius 2 is 1.60 bits per heavy atom. The largest absolute Gasteiger partial charge is 0.451 e. The summed E-state index contributed by atoms with van der Waals surface area (Å²) in [5.74, 6) is 0.415. The molecule has 1 aromatic carbocycles. The van der Waals surface area contributed by atoms with Gasteiger partial charge in [-0.15, -0.1) is 0 Å². The molecule has 50 heavy (non-hydrogen) atoms. The molecule has 0 bridgehead atoms. The summed E-state index contributed by atoms with van der Waals surface area (Å²) < 4.78 is 66.0. The van der Waals surface area contributed by atoms with Gasteiger partial charge in [0.1, 0.15) is 23.6 Å². The third-order valence-corrected chi connectivity index (χ3v) is 13.4. The van der Waals surface area contributed by atoms with Crippen molar-refractivity contribution in [2.75, 3.05) is 76.9 Å². The zero-order valence-electron chi connectivity index (χ0n) is 29.6. The van der Waals surface area contributed by atoms with Crippen LogP contribution in [0.25, 0.3) is 0 Å². The SMILES string of the molecule is CC(C)N(C(=O)c1cc(F)ccc1Oc1cncnc1N1CC2(CCN(CC3(F)CCN(S(=O)(=O)N4CC5(CNC5)C4)CC3)CC2)C1)C(C)C. The number of anilines is 1. The summed E-state index contributed by atoms with van der Waals surface area (Å²) in [5, 5.41) is 3.23. The molecule has 7 rings (SSSR count). The lowest BCUT2D eigenvalue weighted by atomic mass is 9.71. The van der Waals surface area contributed by atoms with Crippen LogP contribution in [0.1, 0.15) is 63.7 Å². The van der Waals surface area contributed by atoms with Gasteiger partial charge in [-0.25, -0.2) is 18.7 Å². The molecule has 5 saturated heterocycles. The van der Waals surface area contributed by atoms with E-state index in [4.69, 9.17) is 4.74 Å². The molecule has 0 radical (unpaired) electrons. The minimum Gasteiger partial charge on any atom is -0.451 e. The molecule has 5 aliphatic heterocycles. The Kier molecular flexibility index (Phi) is 9.36. The van der Waals surface area contributed by atoms with Gasteiger partial charge in [-0.1, -0.05) is 0 Å². The Balaban J connectivity index is 0.927. The summed E-state index contributed by atoms with van der Waals surface area (Å²) in [7, 11) is -3.53. The molecule has 1 amide bonds. The molecule has 0 aliphatic carbocycles. The molecular formula is C35H50F2N8O4S. The van der Waals surface area contributed by atoms with Crippen molar-refractivity contribution >= 4 is 21.9 Å². The van der Waals surface area contributed by atoms with E-state index in [0.717, 1.165) is 52.1 Å². The zero-order valence-corrected chi connectivity index (χ0v) is 30.4. The number of piperidine rings is 2. The van der Waals surface area contributed by atoms with E-state index in [-0.39, 0.29) is 66.1 Å². The fourth-order valence-electron chi connectivity index (χ4n) is 8.52. The Bertz CT molecular complexity index is 1670. The van der Waals surface area contributed by atoms with Crippen LogP contribution in [0.5, 0.6) is 11.5 Å². The number of aromatic nitrogens is 2. The lowest BCUT2D eigenvalue weighted by molar-refractivity contribution is -0.00121. The number of carbonyl (C=O) groups excluding carboxylic acids is 1. The van der Waals surface area contributed by atoms with Gasteiger partial charge >= 0.3 is 0 Å². The van der Waals surface area contributed by atoms with Crippen LogP contribution >= 0.6 is 0 Å². The van der Waals surface area contributed by atoms with Crippen LogP contribution in [0, 0.1) is 16.6 Å². The third kappa shape index (κ3) is 6.71. The zero-order chi connectivity index (χ0) is 35.5. The highest BCUT2D eigenvalue weighted by molar-refractivity contribution is 7.86. The van der Waals surface area contributed by atoms with Crippen LogP contribution in [0.2, 0.25) is 0 Å².